The fourth-order valence-electron chi connectivity index (χ4n) is 2.56. The third-order valence-electron chi connectivity index (χ3n) is 3.24. The van der Waals surface area contributed by atoms with Crippen LogP contribution in [0.3, 0.4) is 0 Å². The van der Waals surface area contributed by atoms with Crippen molar-refractivity contribution < 1.29 is 21.8 Å². The van der Waals surface area contributed by atoms with Gasteiger partial charge in [0.25, 0.3) is 0 Å². The van der Waals surface area contributed by atoms with Crippen molar-refractivity contribution in [3.63, 3.8) is 0 Å². The second kappa shape index (κ2) is 4.58. The van der Waals surface area contributed by atoms with E-state index in [4.69, 9.17) is 9.47 Å². The molecule has 1 saturated heterocycles. The molecule has 1 spiro atoms. The highest BCUT2D eigenvalue weighted by Crippen LogP contribution is 2.35. The minimum atomic E-state index is -4.48. The van der Waals surface area contributed by atoms with Gasteiger partial charge in [-0.25, -0.2) is 0 Å². The predicted octanol–water partition coefficient (Wildman–Crippen LogP) is 1.40. The van der Waals surface area contributed by atoms with Gasteiger partial charge in [0.1, 0.15) is 5.75 Å². The summed E-state index contributed by atoms with van der Waals surface area (Å²) in [6.07, 6.45) is 4.43. The lowest BCUT2D eigenvalue weighted by molar-refractivity contribution is -0.203. The molecule has 0 amide bonds. The van der Waals surface area contributed by atoms with Gasteiger partial charge >= 0.3 is 10.2 Å². The molecule has 0 aromatic rings. The lowest BCUT2D eigenvalue weighted by Crippen LogP contribution is -2.50. The molecule has 0 aromatic heterocycles. The van der Waals surface area contributed by atoms with E-state index in [2.05, 4.69) is 0 Å². The standard InChI is InChI=1S/C10H17FO4S/c11-16(12,13)7-9-6-14-8-10(15-9)4-2-1-3-5-10/h9H,1-8H2. The van der Waals surface area contributed by atoms with Crippen molar-refractivity contribution in [2.45, 2.75) is 43.8 Å². The van der Waals surface area contributed by atoms with Gasteiger partial charge in [0.2, 0.25) is 0 Å². The van der Waals surface area contributed by atoms with Crippen LogP contribution >= 0.6 is 0 Å². The molecule has 2 rings (SSSR count). The average molecular weight is 252 g/mol. The minimum Gasteiger partial charge on any atom is -0.376 e. The van der Waals surface area contributed by atoms with Gasteiger partial charge in [-0.05, 0) is 12.8 Å². The van der Waals surface area contributed by atoms with E-state index in [1.165, 1.54) is 6.42 Å². The van der Waals surface area contributed by atoms with Crippen LogP contribution in [-0.2, 0) is 19.7 Å². The van der Waals surface area contributed by atoms with Gasteiger partial charge in [0, 0.05) is 0 Å². The molecule has 1 unspecified atom stereocenters. The summed E-state index contributed by atoms with van der Waals surface area (Å²) < 4.78 is 44.8. The van der Waals surface area contributed by atoms with E-state index in [0.717, 1.165) is 25.7 Å². The summed E-state index contributed by atoms with van der Waals surface area (Å²) in [4.78, 5) is 0. The van der Waals surface area contributed by atoms with Gasteiger partial charge < -0.3 is 9.47 Å². The second-order valence-electron chi connectivity index (χ2n) is 4.70. The molecule has 1 heterocycles. The van der Waals surface area contributed by atoms with Crippen LogP contribution in [-0.4, -0.2) is 39.1 Å². The first kappa shape index (κ1) is 12.3. The number of hydrogen-bond donors (Lipinski definition) is 0. The zero-order chi connectivity index (χ0) is 11.6. The van der Waals surface area contributed by atoms with Gasteiger partial charge in [-0.3, -0.25) is 0 Å². The van der Waals surface area contributed by atoms with E-state index < -0.39 is 22.1 Å². The van der Waals surface area contributed by atoms with E-state index in [0.29, 0.717) is 6.61 Å². The second-order valence-corrected chi connectivity index (χ2v) is 6.12. The van der Waals surface area contributed by atoms with Crippen molar-refractivity contribution in [2.75, 3.05) is 19.0 Å². The Hall–Kier alpha value is -0.200. The molecule has 0 N–H and O–H groups in total. The molecule has 1 aliphatic heterocycles. The summed E-state index contributed by atoms with van der Waals surface area (Å²) in [6.45, 7) is 0.681. The fourth-order valence-corrected chi connectivity index (χ4v) is 3.17. The molecular formula is C10H17FO4S. The van der Waals surface area contributed by atoms with E-state index in [9.17, 15) is 12.3 Å². The Balaban J connectivity index is 1.98. The monoisotopic (exact) mass is 252 g/mol. The van der Waals surface area contributed by atoms with Crippen molar-refractivity contribution >= 4 is 10.2 Å². The van der Waals surface area contributed by atoms with Crippen LogP contribution in [0.4, 0.5) is 3.89 Å². The van der Waals surface area contributed by atoms with Crippen LogP contribution in [0.5, 0.6) is 0 Å². The molecule has 4 nitrogen and oxygen atoms in total. The lowest BCUT2D eigenvalue weighted by atomic mass is 9.84. The number of ether oxygens (including phenoxy) is 2. The average Bonchev–Trinajstić information content (AvgIpc) is 2.16. The normalized spacial score (nSPS) is 30.4. The van der Waals surface area contributed by atoms with Crippen molar-refractivity contribution in [2.24, 2.45) is 0 Å². The molecule has 6 heteroatoms. The summed E-state index contributed by atoms with van der Waals surface area (Å²) in [5, 5.41) is 0. The summed E-state index contributed by atoms with van der Waals surface area (Å²) in [7, 11) is -4.48. The lowest BCUT2D eigenvalue weighted by Gasteiger charge is -2.43. The zero-order valence-corrected chi connectivity index (χ0v) is 9.97. The Morgan fingerprint density at radius 3 is 2.56 bits per heavy atom. The molecule has 0 aromatic carbocycles. The molecule has 2 fully saturated rings. The SMILES string of the molecule is O=S(=O)(F)CC1COCC2(CCCCC2)O1. The van der Waals surface area contributed by atoms with Gasteiger partial charge in [0.15, 0.2) is 0 Å². The van der Waals surface area contributed by atoms with E-state index >= 15 is 0 Å². The molecule has 16 heavy (non-hydrogen) atoms. The van der Waals surface area contributed by atoms with Gasteiger partial charge in [-0.1, -0.05) is 19.3 Å². The molecule has 94 valence electrons. The molecule has 0 radical (unpaired) electrons. The summed E-state index contributed by atoms with van der Waals surface area (Å²) >= 11 is 0. The zero-order valence-electron chi connectivity index (χ0n) is 9.15. The van der Waals surface area contributed by atoms with Crippen molar-refractivity contribution in [1.29, 1.82) is 0 Å². The summed E-state index contributed by atoms with van der Waals surface area (Å²) in [6, 6.07) is 0. The van der Waals surface area contributed by atoms with Crippen LogP contribution in [0, 0.1) is 0 Å². The maximum absolute atomic E-state index is 12.6. The van der Waals surface area contributed by atoms with Gasteiger partial charge in [0.05, 0.1) is 24.9 Å². The third-order valence-corrected chi connectivity index (χ3v) is 4.01. The summed E-state index contributed by atoms with van der Waals surface area (Å²) in [5.41, 5.74) is -0.355. The largest absolute Gasteiger partial charge is 0.376 e. The summed E-state index contributed by atoms with van der Waals surface area (Å²) in [5.74, 6) is -0.589. The van der Waals surface area contributed by atoms with Gasteiger partial charge in [-0.15, -0.1) is 3.89 Å². The van der Waals surface area contributed by atoms with Crippen LogP contribution in [0.15, 0.2) is 0 Å². The molecule has 1 saturated carbocycles. The number of hydrogen-bond acceptors (Lipinski definition) is 4. The first-order valence-electron chi connectivity index (χ1n) is 5.67. The highest BCUT2D eigenvalue weighted by Gasteiger charge is 2.40. The van der Waals surface area contributed by atoms with Crippen molar-refractivity contribution in [3.05, 3.63) is 0 Å². The van der Waals surface area contributed by atoms with Crippen LogP contribution in [0.1, 0.15) is 32.1 Å². The van der Waals surface area contributed by atoms with Crippen molar-refractivity contribution in [1.82, 2.24) is 0 Å². The van der Waals surface area contributed by atoms with Crippen molar-refractivity contribution in [3.8, 4) is 0 Å². The van der Waals surface area contributed by atoms with E-state index in [-0.39, 0.29) is 12.2 Å². The topological polar surface area (TPSA) is 52.6 Å². The number of rotatable bonds is 2. The molecular weight excluding hydrogens is 235 g/mol. The Morgan fingerprint density at radius 1 is 1.25 bits per heavy atom. The first-order valence-corrected chi connectivity index (χ1v) is 7.22. The maximum Gasteiger partial charge on any atom is 0.305 e. The third kappa shape index (κ3) is 3.15. The highest BCUT2D eigenvalue weighted by atomic mass is 32.3. The Kier molecular flexibility index (Phi) is 3.51. The quantitative estimate of drug-likeness (QED) is 0.697. The Labute approximate surface area is 95.3 Å². The van der Waals surface area contributed by atoms with Crippen LogP contribution in [0.25, 0.3) is 0 Å². The fraction of sp³-hybridized carbons (Fsp3) is 1.00. The van der Waals surface area contributed by atoms with Crippen LogP contribution in [0.2, 0.25) is 0 Å². The molecule has 2 aliphatic rings. The first-order chi connectivity index (χ1) is 7.49. The Bertz CT molecular complexity index is 329. The predicted molar refractivity (Wildman–Crippen MR) is 56.4 cm³/mol. The smallest absolute Gasteiger partial charge is 0.305 e. The molecule has 1 aliphatic carbocycles. The molecule has 0 bridgehead atoms. The van der Waals surface area contributed by atoms with Crippen LogP contribution < -0.4 is 0 Å². The van der Waals surface area contributed by atoms with E-state index in [1.54, 1.807) is 0 Å². The molecule has 1 atom stereocenters. The number of halogens is 1. The maximum atomic E-state index is 12.6. The van der Waals surface area contributed by atoms with Gasteiger partial charge in [-0.2, -0.15) is 8.42 Å². The van der Waals surface area contributed by atoms with E-state index in [1.807, 2.05) is 0 Å². The minimum absolute atomic E-state index is 0.172. The highest BCUT2D eigenvalue weighted by molar-refractivity contribution is 7.86. The Morgan fingerprint density at radius 2 is 1.94 bits per heavy atom.